The number of phenolic OH excluding ortho intramolecular Hbond substituents is 1. The second-order valence-electron chi connectivity index (χ2n) is 11.5. The summed E-state index contributed by atoms with van der Waals surface area (Å²) in [5.74, 6) is 0.851. The van der Waals surface area contributed by atoms with Crippen LogP contribution in [0, 0.1) is 6.92 Å². The molecule has 2 fully saturated rings. The van der Waals surface area contributed by atoms with Crippen molar-refractivity contribution < 1.29 is 14.6 Å². The van der Waals surface area contributed by atoms with Crippen molar-refractivity contribution in [3.63, 3.8) is 0 Å². The maximum Gasteiger partial charge on any atom is 0.246 e. The summed E-state index contributed by atoms with van der Waals surface area (Å²) in [6, 6.07) is 12.3. The van der Waals surface area contributed by atoms with Crippen LogP contribution in [0.5, 0.6) is 11.5 Å². The van der Waals surface area contributed by atoms with Gasteiger partial charge in [0, 0.05) is 30.3 Å². The number of hydrogen-bond donors (Lipinski definition) is 1. The maximum atomic E-state index is 13.4. The molecule has 6 heteroatoms. The molecule has 1 spiro atoms. The van der Waals surface area contributed by atoms with Crippen LogP contribution in [-0.4, -0.2) is 84.2 Å². The van der Waals surface area contributed by atoms with Crippen LogP contribution in [0.1, 0.15) is 41.5 Å². The Kier molecular flexibility index (Phi) is 5.29. The fraction of sp³-hybridized carbons (Fsp3) is 0.500. The van der Waals surface area contributed by atoms with E-state index in [1.807, 2.05) is 30.2 Å². The van der Waals surface area contributed by atoms with Crippen molar-refractivity contribution in [2.24, 2.45) is 0 Å². The quantitative estimate of drug-likeness (QED) is 0.668. The van der Waals surface area contributed by atoms with Gasteiger partial charge in [-0.1, -0.05) is 35.9 Å². The summed E-state index contributed by atoms with van der Waals surface area (Å²) < 4.78 is 6.77. The van der Waals surface area contributed by atoms with Gasteiger partial charge in [0.15, 0.2) is 11.5 Å². The van der Waals surface area contributed by atoms with Gasteiger partial charge in [0.05, 0.1) is 11.5 Å². The van der Waals surface area contributed by atoms with Gasteiger partial charge >= 0.3 is 0 Å². The summed E-state index contributed by atoms with van der Waals surface area (Å²) in [7, 11) is 8.57. The van der Waals surface area contributed by atoms with Crippen molar-refractivity contribution in [1.29, 1.82) is 0 Å². The Hall–Kier alpha value is -2.83. The van der Waals surface area contributed by atoms with E-state index in [1.54, 1.807) is 12.1 Å². The molecule has 1 saturated carbocycles. The van der Waals surface area contributed by atoms with Crippen LogP contribution in [-0.2, 0) is 16.6 Å². The Bertz CT molecular complexity index is 1260. The van der Waals surface area contributed by atoms with E-state index in [0.29, 0.717) is 11.8 Å². The fourth-order valence-electron chi connectivity index (χ4n) is 8.27. The average Bonchev–Trinajstić information content (AvgIpc) is 3.21. The molecule has 6 nitrogen and oxygen atoms in total. The molecule has 2 aliphatic carbocycles. The number of aromatic hydroxyl groups is 1. The highest BCUT2D eigenvalue weighted by atomic mass is 16.5. The van der Waals surface area contributed by atoms with Gasteiger partial charge in [-0.15, -0.1) is 0 Å². The molecule has 0 unspecified atom stereocenters. The molecule has 2 heterocycles. The largest absolute Gasteiger partial charge is 0.504 e. The highest BCUT2D eigenvalue weighted by Gasteiger charge is 2.74. The highest BCUT2D eigenvalue weighted by molar-refractivity contribution is 5.92. The number of hydrogen-bond acceptors (Lipinski definition) is 5. The molecule has 190 valence electrons. The summed E-state index contributed by atoms with van der Waals surface area (Å²) in [5.41, 5.74) is 4.29. The number of aryl methyl sites for hydroxylation is 1. The molecule has 2 bridgehead atoms. The van der Waals surface area contributed by atoms with E-state index >= 15 is 0 Å². The SMILES string of the molecule is Cc1cccc(C=CC(=O)N(C)[C@@H]2CC[C@@]3(N(C)C)[C@H]4Cc5ccc(O)c6c5[C@@]3(CCN4C)[C@H]2O6)c1. The normalized spacial score (nSPS) is 32.4. The lowest BCUT2D eigenvalue weighted by atomic mass is 9.46. The van der Waals surface area contributed by atoms with Crippen molar-refractivity contribution >= 4 is 12.0 Å². The van der Waals surface area contributed by atoms with E-state index in [0.717, 1.165) is 37.8 Å². The molecule has 1 saturated heterocycles. The van der Waals surface area contributed by atoms with E-state index in [-0.39, 0.29) is 34.8 Å². The number of carbonyl (C=O) groups excluding carboxylic acids is 1. The third kappa shape index (κ3) is 2.94. The molecular formula is C30H37N3O3. The minimum absolute atomic E-state index is 0.0143. The van der Waals surface area contributed by atoms with Crippen molar-refractivity contribution in [2.45, 2.75) is 61.7 Å². The summed E-state index contributed by atoms with van der Waals surface area (Å²) >= 11 is 0. The minimum atomic E-state index is -0.271. The molecule has 0 radical (unpaired) electrons. The van der Waals surface area contributed by atoms with Gasteiger partial charge in [0.25, 0.3) is 0 Å². The van der Waals surface area contributed by atoms with Gasteiger partial charge in [-0.3, -0.25) is 4.79 Å². The Morgan fingerprint density at radius 1 is 1.19 bits per heavy atom. The number of likely N-dealkylation sites (N-methyl/N-ethyl adjacent to an activating group) is 3. The molecule has 1 amide bonds. The molecule has 0 aromatic heterocycles. The van der Waals surface area contributed by atoms with E-state index in [9.17, 15) is 9.90 Å². The van der Waals surface area contributed by atoms with Gasteiger partial charge < -0.3 is 24.5 Å². The molecule has 2 aliphatic heterocycles. The Morgan fingerprint density at radius 3 is 2.75 bits per heavy atom. The summed E-state index contributed by atoms with van der Waals surface area (Å²) in [6.45, 7) is 3.04. The average molecular weight is 488 g/mol. The number of phenols is 1. The van der Waals surface area contributed by atoms with Gasteiger partial charge in [0.2, 0.25) is 5.91 Å². The van der Waals surface area contributed by atoms with E-state index in [2.05, 4.69) is 56.1 Å². The number of rotatable bonds is 4. The topological polar surface area (TPSA) is 56.2 Å². The number of piperidine rings is 1. The maximum absolute atomic E-state index is 13.4. The Balaban J connectivity index is 1.42. The lowest BCUT2D eigenvalue weighted by molar-refractivity contribution is -0.157. The smallest absolute Gasteiger partial charge is 0.246 e. The van der Waals surface area contributed by atoms with Crippen LogP contribution in [0.4, 0.5) is 0 Å². The number of likely N-dealkylation sites (tertiary alicyclic amines) is 1. The molecule has 4 aliphatic rings. The predicted octanol–water partition coefficient (Wildman–Crippen LogP) is 3.59. The Labute approximate surface area is 214 Å². The zero-order chi connectivity index (χ0) is 25.4. The second-order valence-corrected chi connectivity index (χ2v) is 11.5. The number of carbonyl (C=O) groups is 1. The van der Waals surface area contributed by atoms with Gasteiger partial charge in [-0.25, -0.2) is 0 Å². The summed E-state index contributed by atoms with van der Waals surface area (Å²) in [4.78, 5) is 20.3. The first kappa shape index (κ1) is 23.6. The minimum Gasteiger partial charge on any atom is -0.504 e. The van der Waals surface area contributed by atoms with Crippen LogP contribution in [0.25, 0.3) is 6.08 Å². The van der Waals surface area contributed by atoms with Gasteiger partial charge in [-0.05, 0) is 83.6 Å². The zero-order valence-electron chi connectivity index (χ0n) is 22.0. The molecule has 6 rings (SSSR count). The van der Waals surface area contributed by atoms with E-state index < -0.39 is 0 Å². The van der Waals surface area contributed by atoms with Crippen LogP contribution in [0.15, 0.2) is 42.5 Å². The molecule has 1 N–H and O–H groups in total. The van der Waals surface area contributed by atoms with Crippen LogP contribution < -0.4 is 4.74 Å². The van der Waals surface area contributed by atoms with Crippen molar-refractivity contribution in [3.8, 4) is 11.5 Å². The number of benzene rings is 2. The van der Waals surface area contributed by atoms with Crippen molar-refractivity contribution in [3.05, 3.63) is 64.7 Å². The first-order valence-corrected chi connectivity index (χ1v) is 13.1. The monoisotopic (exact) mass is 487 g/mol. The summed E-state index contributed by atoms with van der Waals surface area (Å²) in [5, 5.41) is 10.9. The third-order valence-corrected chi connectivity index (χ3v) is 9.80. The Morgan fingerprint density at radius 2 is 2.00 bits per heavy atom. The van der Waals surface area contributed by atoms with Crippen molar-refractivity contribution in [2.75, 3.05) is 34.7 Å². The lowest BCUT2D eigenvalue weighted by Gasteiger charge is -2.68. The first-order valence-electron chi connectivity index (χ1n) is 13.1. The third-order valence-electron chi connectivity index (χ3n) is 9.80. The fourth-order valence-corrected chi connectivity index (χ4v) is 8.27. The van der Waals surface area contributed by atoms with Crippen LogP contribution >= 0.6 is 0 Å². The standard InChI is InChI=1S/C30H37N3O3/c1-19-7-6-8-20(17-19)9-12-25(35)33(5)22-13-14-30(31(2)3)24-18-21-10-11-23(34)27-26(21)29(30,28(22)36-27)15-16-32(24)4/h6-12,17,22,24,28,34H,13-16,18H2,1-5H3/t22-,24-,28+,29+,30-/m1/s1. The molecular weight excluding hydrogens is 450 g/mol. The molecule has 2 aromatic rings. The van der Waals surface area contributed by atoms with Gasteiger partial charge in [0.1, 0.15) is 6.10 Å². The second kappa shape index (κ2) is 8.09. The zero-order valence-corrected chi connectivity index (χ0v) is 22.0. The molecule has 2 aromatic carbocycles. The first-order chi connectivity index (χ1) is 17.2. The van der Waals surface area contributed by atoms with E-state index in [4.69, 9.17) is 4.74 Å². The summed E-state index contributed by atoms with van der Waals surface area (Å²) in [6.07, 6.45) is 7.12. The highest BCUT2D eigenvalue weighted by Crippen LogP contribution is 2.66. The number of amides is 1. The van der Waals surface area contributed by atoms with Crippen molar-refractivity contribution in [1.82, 2.24) is 14.7 Å². The molecule has 36 heavy (non-hydrogen) atoms. The van der Waals surface area contributed by atoms with Crippen LogP contribution in [0.3, 0.4) is 0 Å². The van der Waals surface area contributed by atoms with E-state index in [1.165, 1.54) is 16.7 Å². The number of ether oxygens (including phenoxy) is 1. The number of nitrogens with zero attached hydrogens (tertiary/aromatic N) is 3. The lowest BCUT2D eigenvalue weighted by Crippen LogP contribution is -2.81. The van der Waals surface area contributed by atoms with Crippen LogP contribution in [0.2, 0.25) is 0 Å². The predicted molar refractivity (Wildman–Crippen MR) is 141 cm³/mol. The molecule has 5 atom stereocenters. The van der Waals surface area contributed by atoms with Gasteiger partial charge in [-0.2, -0.15) is 0 Å².